The predicted octanol–water partition coefficient (Wildman–Crippen LogP) is 1.53. The minimum Gasteiger partial charge on any atom is -0.368 e. The quantitative estimate of drug-likeness (QED) is 0.723. The van der Waals surface area contributed by atoms with E-state index in [1.165, 1.54) is 0 Å². The molecule has 1 atom stereocenters. The van der Waals surface area contributed by atoms with Crippen LogP contribution in [0.3, 0.4) is 0 Å². The van der Waals surface area contributed by atoms with Crippen LogP contribution in [0.4, 0.5) is 0 Å². The Balaban J connectivity index is 2.15. The van der Waals surface area contributed by atoms with Crippen molar-refractivity contribution in [2.45, 2.75) is 18.9 Å². The molecular weight excluding hydrogens is 259 g/mol. The molecule has 1 unspecified atom stereocenters. The fourth-order valence-electron chi connectivity index (χ4n) is 1.12. The van der Waals surface area contributed by atoms with Crippen molar-refractivity contribution in [3.05, 3.63) is 9.72 Å². The number of halogens is 1. The highest BCUT2D eigenvalue weighted by Gasteiger charge is 2.23. The van der Waals surface area contributed by atoms with Crippen LogP contribution in [-0.4, -0.2) is 16.7 Å². The van der Waals surface area contributed by atoms with Crippen molar-refractivity contribution >= 4 is 22.6 Å². The number of rotatable bonds is 1. The first kappa shape index (κ1) is 7.48. The Kier molecular flexibility index (Phi) is 2.08. The van der Waals surface area contributed by atoms with E-state index in [4.69, 9.17) is 9.26 Å². The number of aromatic nitrogens is 2. The highest BCUT2D eigenvalue weighted by molar-refractivity contribution is 14.1. The van der Waals surface area contributed by atoms with Gasteiger partial charge in [-0.1, -0.05) is 5.16 Å². The predicted molar refractivity (Wildman–Crippen MR) is 44.9 cm³/mol. The van der Waals surface area contributed by atoms with E-state index in [0.717, 1.165) is 19.4 Å². The van der Waals surface area contributed by atoms with E-state index in [0.29, 0.717) is 9.72 Å². The Morgan fingerprint density at radius 1 is 1.55 bits per heavy atom. The van der Waals surface area contributed by atoms with E-state index in [-0.39, 0.29) is 6.10 Å². The van der Waals surface area contributed by atoms with E-state index in [1.54, 1.807) is 0 Å². The molecule has 11 heavy (non-hydrogen) atoms. The molecule has 0 radical (unpaired) electrons. The monoisotopic (exact) mass is 266 g/mol. The van der Waals surface area contributed by atoms with Crippen molar-refractivity contribution in [2.75, 3.05) is 6.61 Å². The molecule has 1 aromatic heterocycles. The molecule has 5 heteroatoms. The summed E-state index contributed by atoms with van der Waals surface area (Å²) in [5.74, 6) is 0.618. The molecule has 2 heterocycles. The summed E-state index contributed by atoms with van der Waals surface area (Å²) in [6.07, 6.45) is 2.13. The van der Waals surface area contributed by atoms with Crippen LogP contribution in [0.2, 0.25) is 0 Å². The van der Waals surface area contributed by atoms with Gasteiger partial charge in [-0.2, -0.15) is 4.98 Å². The van der Waals surface area contributed by atoms with Crippen LogP contribution in [0, 0.1) is 3.83 Å². The second kappa shape index (κ2) is 3.06. The number of hydrogen-bond acceptors (Lipinski definition) is 4. The number of hydrogen-bond donors (Lipinski definition) is 0. The molecule has 1 aliphatic rings. The fraction of sp³-hybridized carbons (Fsp3) is 0.667. The van der Waals surface area contributed by atoms with Crippen molar-refractivity contribution in [1.82, 2.24) is 10.1 Å². The Morgan fingerprint density at radius 2 is 2.45 bits per heavy atom. The standard InChI is InChI=1S/C6H7IN2O2/c7-6-8-5(11-9-6)4-2-1-3-10-4/h4H,1-3H2. The molecule has 0 aromatic carbocycles. The summed E-state index contributed by atoms with van der Waals surface area (Å²) in [7, 11) is 0. The minimum absolute atomic E-state index is 0.0472. The lowest BCUT2D eigenvalue weighted by Crippen LogP contribution is -1.95. The van der Waals surface area contributed by atoms with Gasteiger partial charge in [-0.05, 0) is 12.8 Å². The first-order chi connectivity index (χ1) is 5.36. The lowest BCUT2D eigenvalue weighted by molar-refractivity contribution is 0.0835. The SMILES string of the molecule is Ic1noc(C2CCCO2)n1. The van der Waals surface area contributed by atoms with Gasteiger partial charge < -0.3 is 9.26 Å². The van der Waals surface area contributed by atoms with E-state index >= 15 is 0 Å². The number of ether oxygens (including phenoxy) is 1. The summed E-state index contributed by atoms with van der Waals surface area (Å²) in [6.45, 7) is 0.809. The molecule has 2 rings (SSSR count). The second-order valence-electron chi connectivity index (χ2n) is 2.40. The zero-order chi connectivity index (χ0) is 7.68. The summed E-state index contributed by atoms with van der Waals surface area (Å²) in [6, 6.07) is 0. The van der Waals surface area contributed by atoms with Crippen LogP contribution >= 0.6 is 22.6 Å². The molecule has 1 saturated heterocycles. The van der Waals surface area contributed by atoms with Gasteiger partial charge in [-0.25, -0.2) is 0 Å². The third-order valence-electron chi connectivity index (χ3n) is 1.62. The summed E-state index contributed by atoms with van der Waals surface area (Å²) < 4.78 is 11.0. The Labute approximate surface area is 77.4 Å². The average Bonchev–Trinajstić information content (AvgIpc) is 2.55. The van der Waals surface area contributed by atoms with Crippen molar-refractivity contribution in [3.8, 4) is 0 Å². The molecule has 0 spiro atoms. The van der Waals surface area contributed by atoms with Gasteiger partial charge in [0.15, 0.2) is 0 Å². The van der Waals surface area contributed by atoms with Crippen LogP contribution < -0.4 is 0 Å². The van der Waals surface area contributed by atoms with Gasteiger partial charge in [0.25, 0.3) is 5.89 Å². The van der Waals surface area contributed by atoms with Crippen molar-refractivity contribution in [3.63, 3.8) is 0 Å². The molecule has 0 amide bonds. The minimum atomic E-state index is 0.0472. The third kappa shape index (κ3) is 1.53. The summed E-state index contributed by atoms with van der Waals surface area (Å²) in [5.41, 5.74) is 0. The lowest BCUT2D eigenvalue weighted by Gasteiger charge is -1.99. The Hall–Kier alpha value is -0.170. The van der Waals surface area contributed by atoms with Gasteiger partial charge in [0, 0.05) is 29.2 Å². The van der Waals surface area contributed by atoms with Crippen molar-refractivity contribution in [1.29, 1.82) is 0 Å². The molecule has 60 valence electrons. The largest absolute Gasteiger partial charge is 0.368 e. The smallest absolute Gasteiger partial charge is 0.256 e. The molecule has 0 aliphatic carbocycles. The van der Waals surface area contributed by atoms with Crippen LogP contribution in [0.1, 0.15) is 24.8 Å². The lowest BCUT2D eigenvalue weighted by atomic mass is 10.2. The maximum absolute atomic E-state index is 5.35. The molecule has 4 nitrogen and oxygen atoms in total. The van der Waals surface area contributed by atoms with Gasteiger partial charge >= 0.3 is 0 Å². The first-order valence-corrected chi connectivity index (χ1v) is 4.55. The maximum Gasteiger partial charge on any atom is 0.256 e. The molecule has 0 bridgehead atoms. The van der Waals surface area contributed by atoms with Gasteiger partial charge in [0.1, 0.15) is 6.10 Å². The molecule has 0 saturated carbocycles. The summed E-state index contributed by atoms with van der Waals surface area (Å²) in [5, 5.41) is 3.68. The fourth-order valence-corrected chi connectivity index (χ4v) is 1.46. The van der Waals surface area contributed by atoms with E-state index in [9.17, 15) is 0 Å². The second-order valence-corrected chi connectivity index (χ2v) is 3.37. The average molecular weight is 266 g/mol. The number of nitrogens with zero attached hydrogens (tertiary/aromatic N) is 2. The van der Waals surface area contributed by atoms with E-state index in [2.05, 4.69) is 10.1 Å². The zero-order valence-corrected chi connectivity index (χ0v) is 7.95. The highest BCUT2D eigenvalue weighted by Crippen LogP contribution is 2.26. The summed E-state index contributed by atoms with van der Waals surface area (Å²) in [4.78, 5) is 4.08. The van der Waals surface area contributed by atoms with Gasteiger partial charge in [0.05, 0.1) is 0 Å². The maximum atomic E-state index is 5.35. The zero-order valence-electron chi connectivity index (χ0n) is 5.79. The third-order valence-corrected chi connectivity index (χ3v) is 2.06. The van der Waals surface area contributed by atoms with Gasteiger partial charge in [-0.15, -0.1) is 0 Å². The van der Waals surface area contributed by atoms with Crippen molar-refractivity contribution < 1.29 is 9.26 Å². The van der Waals surface area contributed by atoms with Crippen LogP contribution in [0.25, 0.3) is 0 Å². The van der Waals surface area contributed by atoms with Crippen LogP contribution in [0.5, 0.6) is 0 Å². The Bertz CT molecular complexity index is 244. The van der Waals surface area contributed by atoms with Crippen LogP contribution in [0.15, 0.2) is 4.52 Å². The topological polar surface area (TPSA) is 48.2 Å². The molecule has 1 fully saturated rings. The highest BCUT2D eigenvalue weighted by atomic mass is 127. The Morgan fingerprint density at radius 3 is 3.00 bits per heavy atom. The van der Waals surface area contributed by atoms with Crippen LogP contribution in [-0.2, 0) is 4.74 Å². The first-order valence-electron chi connectivity index (χ1n) is 3.47. The molecule has 1 aromatic rings. The molecule has 0 N–H and O–H groups in total. The van der Waals surface area contributed by atoms with Gasteiger partial charge in [-0.3, -0.25) is 0 Å². The van der Waals surface area contributed by atoms with Gasteiger partial charge in [0.2, 0.25) is 3.83 Å². The van der Waals surface area contributed by atoms with Crippen molar-refractivity contribution in [2.24, 2.45) is 0 Å². The molecular formula is C6H7IN2O2. The summed E-state index contributed by atoms with van der Waals surface area (Å²) >= 11 is 2.02. The normalized spacial score (nSPS) is 24.3. The van der Waals surface area contributed by atoms with E-state index in [1.807, 2.05) is 22.6 Å². The molecule has 1 aliphatic heterocycles. The van der Waals surface area contributed by atoms with E-state index < -0.39 is 0 Å².